The average Bonchev–Trinajstić information content (AvgIpc) is 2.44. The molecule has 122 valence electrons. The summed E-state index contributed by atoms with van der Waals surface area (Å²) in [5.41, 5.74) is 0.661. The highest BCUT2D eigenvalue weighted by Crippen LogP contribution is 2.01. The normalized spacial score (nSPS) is 9.82. The Morgan fingerprint density at radius 3 is 1.09 bits per heavy atom. The van der Waals surface area contributed by atoms with Crippen molar-refractivity contribution < 1.29 is 28.6 Å². The Kier molecular flexibility index (Phi) is 8.47. The van der Waals surface area contributed by atoms with Gasteiger partial charge in [-0.3, -0.25) is 0 Å². The van der Waals surface area contributed by atoms with Gasteiger partial charge in [0.15, 0.2) is 20.2 Å². The van der Waals surface area contributed by atoms with Gasteiger partial charge in [-0.15, -0.1) is 0 Å². The first-order valence-electron chi connectivity index (χ1n) is 6.35. The highest BCUT2D eigenvalue weighted by atomic mass is 16.6. The van der Waals surface area contributed by atoms with Crippen LogP contribution in [0.4, 0.5) is 0 Å². The van der Waals surface area contributed by atoms with Crippen molar-refractivity contribution in [2.75, 3.05) is 20.2 Å². The molecule has 0 N–H and O–H groups in total. The molecular formula is C15H21NO6. The molecule has 0 rings (SSSR count). The molecule has 0 aliphatic carbocycles. The monoisotopic (exact) mass is 311 g/mol. The molecule has 0 spiro atoms. The van der Waals surface area contributed by atoms with Crippen LogP contribution in [0.15, 0.2) is 36.5 Å². The van der Waals surface area contributed by atoms with Crippen molar-refractivity contribution >= 4 is 17.9 Å². The maximum absolute atomic E-state index is 11.3. The molecule has 0 heterocycles. The number of esters is 3. The van der Waals surface area contributed by atoms with Gasteiger partial charge in [-0.1, -0.05) is 19.7 Å². The third-order valence-corrected chi connectivity index (χ3v) is 2.18. The molecule has 0 aromatic rings. The molecule has 0 atom stereocenters. The molecule has 22 heavy (non-hydrogen) atoms. The lowest BCUT2D eigenvalue weighted by molar-refractivity contribution is -0.163. The van der Waals surface area contributed by atoms with E-state index in [1.54, 1.807) is 0 Å². The zero-order chi connectivity index (χ0) is 17.3. The lowest BCUT2D eigenvalue weighted by atomic mass is 10.4. The van der Waals surface area contributed by atoms with E-state index >= 15 is 0 Å². The van der Waals surface area contributed by atoms with Gasteiger partial charge in [0, 0.05) is 16.7 Å². The number of hydrogen-bond donors (Lipinski definition) is 0. The van der Waals surface area contributed by atoms with Crippen molar-refractivity contribution in [1.29, 1.82) is 0 Å². The number of nitrogens with zero attached hydrogens (tertiary/aromatic N) is 1. The minimum atomic E-state index is -0.609. The Hall–Kier alpha value is -2.41. The fourth-order valence-electron chi connectivity index (χ4n) is 0.931. The van der Waals surface area contributed by atoms with Gasteiger partial charge in [-0.2, -0.15) is 0 Å². The second kappa shape index (κ2) is 9.51. The van der Waals surface area contributed by atoms with E-state index in [1.165, 1.54) is 25.7 Å². The maximum atomic E-state index is 11.3. The maximum Gasteiger partial charge on any atom is 0.334 e. The quantitative estimate of drug-likeness (QED) is 0.276. The van der Waals surface area contributed by atoms with Gasteiger partial charge in [0.05, 0.1) is 0 Å². The number of rotatable bonds is 9. The molecule has 0 aromatic carbocycles. The zero-order valence-electron chi connectivity index (χ0n) is 13.1. The van der Waals surface area contributed by atoms with Crippen molar-refractivity contribution in [3.63, 3.8) is 0 Å². The van der Waals surface area contributed by atoms with Crippen LogP contribution in [0.1, 0.15) is 20.8 Å². The SMILES string of the molecule is C=C(C)C(=O)OCN(COC(=O)C(=C)C)COC(=O)C(=C)C. The highest BCUT2D eigenvalue weighted by Gasteiger charge is 2.14. The lowest BCUT2D eigenvalue weighted by Crippen LogP contribution is -2.34. The van der Waals surface area contributed by atoms with Gasteiger partial charge < -0.3 is 14.2 Å². The summed E-state index contributed by atoms with van der Waals surface area (Å²) < 4.78 is 14.7. The molecule has 0 fully saturated rings. The predicted molar refractivity (Wildman–Crippen MR) is 79.2 cm³/mol. The number of carbonyl (C=O) groups is 3. The minimum absolute atomic E-state index is 0.220. The van der Waals surface area contributed by atoms with E-state index in [0.29, 0.717) is 0 Å². The second-order valence-corrected chi connectivity index (χ2v) is 4.69. The van der Waals surface area contributed by atoms with E-state index in [9.17, 15) is 14.4 Å². The molecule has 0 aliphatic heterocycles. The van der Waals surface area contributed by atoms with Crippen molar-refractivity contribution in [2.24, 2.45) is 0 Å². The van der Waals surface area contributed by atoms with E-state index in [0.717, 1.165) is 0 Å². The van der Waals surface area contributed by atoms with Crippen LogP contribution in [-0.4, -0.2) is 43.0 Å². The number of carbonyl (C=O) groups excluding carboxylic acids is 3. The van der Waals surface area contributed by atoms with Crippen LogP contribution >= 0.6 is 0 Å². The molecular weight excluding hydrogens is 290 g/mol. The van der Waals surface area contributed by atoms with Crippen LogP contribution in [0, 0.1) is 0 Å². The van der Waals surface area contributed by atoms with Gasteiger partial charge in [0.1, 0.15) is 0 Å². The first kappa shape index (κ1) is 19.6. The lowest BCUT2D eigenvalue weighted by Gasteiger charge is -2.21. The van der Waals surface area contributed by atoms with Gasteiger partial charge in [-0.25, -0.2) is 19.3 Å². The van der Waals surface area contributed by atoms with Gasteiger partial charge in [0.2, 0.25) is 0 Å². The van der Waals surface area contributed by atoms with Crippen molar-refractivity contribution in [3.8, 4) is 0 Å². The molecule has 0 unspecified atom stereocenters. The fraction of sp³-hybridized carbons (Fsp3) is 0.400. The summed E-state index contributed by atoms with van der Waals surface area (Å²) in [6, 6.07) is 0. The number of ether oxygens (including phenoxy) is 3. The van der Waals surface area contributed by atoms with Gasteiger partial charge in [0.25, 0.3) is 0 Å². The first-order chi connectivity index (χ1) is 10.1. The topological polar surface area (TPSA) is 82.1 Å². The molecule has 7 nitrogen and oxygen atoms in total. The molecule has 0 aromatic heterocycles. The van der Waals surface area contributed by atoms with Crippen molar-refractivity contribution in [1.82, 2.24) is 4.90 Å². The van der Waals surface area contributed by atoms with Crippen LogP contribution in [0.3, 0.4) is 0 Å². The fourth-order valence-corrected chi connectivity index (χ4v) is 0.931. The zero-order valence-corrected chi connectivity index (χ0v) is 13.1. The summed E-state index contributed by atoms with van der Waals surface area (Å²) in [6.45, 7) is 14.1. The highest BCUT2D eigenvalue weighted by molar-refractivity contribution is 5.87. The van der Waals surface area contributed by atoms with E-state index in [2.05, 4.69) is 19.7 Å². The summed E-state index contributed by atoms with van der Waals surface area (Å²) >= 11 is 0. The standard InChI is InChI=1S/C15H21NO6/c1-10(2)13(17)20-7-16(8-21-14(18)11(3)4)9-22-15(19)12(5)6/h1,3,5,7-9H2,2,4,6H3. The van der Waals surface area contributed by atoms with Crippen LogP contribution in [0.5, 0.6) is 0 Å². The predicted octanol–water partition coefficient (Wildman–Crippen LogP) is 1.52. The van der Waals surface area contributed by atoms with Crippen LogP contribution in [0.25, 0.3) is 0 Å². The Labute approximate surface area is 129 Å². The van der Waals surface area contributed by atoms with Crippen LogP contribution in [0.2, 0.25) is 0 Å². The smallest absolute Gasteiger partial charge is 0.334 e. The second-order valence-electron chi connectivity index (χ2n) is 4.69. The number of hydrogen-bond acceptors (Lipinski definition) is 7. The Bertz CT molecular complexity index is 423. The summed E-state index contributed by atoms with van der Waals surface area (Å²) in [7, 11) is 0. The molecule has 0 saturated carbocycles. The molecule has 0 amide bonds. The summed E-state index contributed by atoms with van der Waals surface area (Å²) in [4.78, 5) is 35.3. The molecule has 0 aliphatic rings. The van der Waals surface area contributed by atoms with Crippen LogP contribution < -0.4 is 0 Å². The van der Waals surface area contributed by atoms with Gasteiger partial charge in [-0.05, 0) is 20.8 Å². The van der Waals surface area contributed by atoms with E-state index in [-0.39, 0.29) is 36.9 Å². The Morgan fingerprint density at radius 1 is 0.682 bits per heavy atom. The average molecular weight is 311 g/mol. The molecule has 0 bridgehead atoms. The van der Waals surface area contributed by atoms with E-state index in [1.807, 2.05) is 0 Å². The Balaban J connectivity index is 4.54. The molecule has 0 saturated heterocycles. The molecule has 0 radical (unpaired) electrons. The summed E-state index contributed by atoms with van der Waals surface area (Å²) in [6.07, 6.45) is 0. The van der Waals surface area contributed by atoms with Crippen LogP contribution in [-0.2, 0) is 28.6 Å². The van der Waals surface area contributed by atoms with Crippen molar-refractivity contribution in [2.45, 2.75) is 20.8 Å². The third-order valence-electron chi connectivity index (χ3n) is 2.18. The largest absolute Gasteiger partial charge is 0.446 e. The third kappa shape index (κ3) is 8.01. The Morgan fingerprint density at radius 2 is 0.909 bits per heavy atom. The first-order valence-corrected chi connectivity index (χ1v) is 6.35. The summed E-state index contributed by atoms with van der Waals surface area (Å²) in [5.74, 6) is -1.83. The summed E-state index contributed by atoms with van der Waals surface area (Å²) in [5, 5.41) is 0. The van der Waals surface area contributed by atoms with Gasteiger partial charge >= 0.3 is 17.9 Å². The van der Waals surface area contributed by atoms with E-state index in [4.69, 9.17) is 14.2 Å². The van der Waals surface area contributed by atoms with E-state index < -0.39 is 17.9 Å². The minimum Gasteiger partial charge on any atom is -0.446 e. The van der Waals surface area contributed by atoms with Crippen molar-refractivity contribution in [3.05, 3.63) is 36.5 Å². The molecule has 7 heteroatoms.